The molecule has 1 unspecified atom stereocenters. The number of nitrogens with one attached hydrogen (secondary N) is 1. The second-order valence-electron chi connectivity index (χ2n) is 3.54. The predicted octanol–water partition coefficient (Wildman–Crippen LogP) is -0.777. The Morgan fingerprint density at radius 3 is 2.76 bits per heavy atom. The highest BCUT2D eigenvalue weighted by Crippen LogP contribution is 2.16. The Morgan fingerprint density at radius 2 is 2.24 bits per heavy atom. The van der Waals surface area contributed by atoms with Crippen LogP contribution in [0.1, 0.15) is 16.8 Å². The molecule has 7 heteroatoms. The molecule has 1 aromatic rings. The highest BCUT2D eigenvalue weighted by Gasteiger charge is 2.14. The summed E-state index contributed by atoms with van der Waals surface area (Å²) >= 11 is 0. The fourth-order valence-electron chi connectivity index (χ4n) is 1.16. The molecule has 0 radical (unpaired) electrons. The van der Waals surface area contributed by atoms with Gasteiger partial charge >= 0.3 is 0 Å². The van der Waals surface area contributed by atoms with Crippen molar-refractivity contribution in [2.45, 2.75) is 20.0 Å². The summed E-state index contributed by atoms with van der Waals surface area (Å²) in [6.07, 6.45) is -1.33. The number of aliphatic hydroxyl groups excluding tert-OH is 1. The van der Waals surface area contributed by atoms with E-state index in [1.54, 1.807) is 13.8 Å². The smallest absolute Gasteiger partial charge is 0.248 e. The first-order valence-electron chi connectivity index (χ1n) is 4.92. The van der Waals surface area contributed by atoms with E-state index in [0.717, 1.165) is 0 Å². The van der Waals surface area contributed by atoms with E-state index >= 15 is 0 Å². The van der Waals surface area contributed by atoms with Gasteiger partial charge in [0.1, 0.15) is 17.7 Å². The number of aliphatic hydroxyl groups is 1. The maximum atomic E-state index is 10.6. The SMILES string of the molecule is Cc1nnc(NCC(O)C(N)=O)c(C#N)c1C. The molecular formula is C10H13N5O2. The van der Waals surface area contributed by atoms with Gasteiger partial charge in [0.15, 0.2) is 5.82 Å². The highest BCUT2D eigenvalue weighted by atomic mass is 16.3. The minimum Gasteiger partial charge on any atom is -0.381 e. The first-order chi connectivity index (χ1) is 7.97. The van der Waals surface area contributed by atoms with E-state index in [0.29, 0.717) is 16.8 Å². The van der Waals surface area contributed by atoms with Crippen LogP contribution in [-0.4, -0.2) is 33.9 Å². The van der Waals surface area contributed by atoms with Gasteiger partial charge < -0.3 is 16.2 Å². The molecule has 0 aliphatic carbocycles. The lowest BCUT2D eigenvalue weighted by Gasteiger charge is -2.11. The summed E-state index contributed by atoms with van der Waals surface area (Å²) < 4.78 is 0. The third-order valence-corrected chi connectivity index (χ3v) is 2.36. The van der Waals surface area contributed by atoms with Gasteiger partial charge in [-0.1, -0.05) is 0 Å². The van der Waals surface area contributed by atoms with Gasteiger partial charge in [-0.15, -0.1) is 5.10 Å². The van der Waals surface area contributed by atoms with Gasteiger partial charge in [-0.05, 0) is 19.4 Å². The lowest BCUT2D eigenvalue weighted by molar-refractivity contribution is -0.125. The number of aromatic nitrogens is 2. The zero-order chi connectivity index (χ0) is 13.0. The van der Waals surface area contributed by atoms with Crippen LogP contribution < -0.4 is 11.1 Å². The molecule has 7 nitrogen and oxygen atoms in total. The molecule has 0 fully saturated rings. The van der Waals surface area contributed by atoms with Crippen LogP contribution in [0.2, 0.25) is 0 Å². The third kappa shape index (κ3) is 2.89. The second-order valence-corrected chi connectivity index (χ2v) is 3.54. The van der Waals surface area contributed by atoms with Crippen LogP contribution in [0.5, 0.6) is 0 Å². The van der Waals surface area contributed by atoms with E-state index in [-0.39, 0.29) is 12.4 Å². The number of nitrogens with two attached hydrogens (primary N) is 1. The topological polar surface area (TPSA) is 125 Å². The number of amides is 1. The molecule has 0 spiro atoms. The van der Waals surface area contributed by atoms with E-state index in [4.69, 9.17) is 11.0 Å². The molecule has 0 saturated heterocycles. The van der Waals surface area contributed by atoms with E-state index in [1.807, 2.05) is 6.07 Å². The largest absolute Gasteiger partial charge is 0.381 e. The second kappa shape index (κ2) is 5.23. The van der Waals surface area contributed by atoms with Crippen LogP contribution in [0.15, 0.2) is 0 Å². The number of rotatable bonds is 4. The van der Waals surface area contributed by atoms with Gasteiger partial charge in [-0.2, -0.15) is 10.4 Å². The fraction of sp³-hybridized carbons (Fsp3) is 0.400. The number of aryl methyl sites for hydroxylation is 1. The summed E-state index contributed by atoms with van der Waals surface area (Å²) in [6.45, 7) is 3.38. The van der Waals surface area contributed by atoms with Crippen LogP contribution in [0.25, 0.3) is 0 Å². The molecule has 1 rings (SSSR count). The summed E-state index contributed by atoms with van der Waals surface area (Å²) in [5.74, 6) is -0.608. The first-order valence-corrected chi connectivity index (χ1v) is 4.92. The molecule has 1 amide bonds. The summed E-state index contributed by atoms with van der Waals surface area (Å²) in [7, 11) is 0. The highest BCUT2D eigenvalue weighted by molar-refractivity contribution is 5.79. The van der Waals surface area contributed by atoms with E-state index in [2.05, 4.69) is 15.5 Å². The van der Waals surface area contributed by atoms with Crippen LogP contribution in [0.4, 0.5) is 5.82 Å². The molecule has 0 saturated carbocycles. The third-order valence-electron chi connectivity index (χ3n) is 2.36. The maximum Gasteiger partial charge on any atom is 0.248 e. The Kier molecular flexibility index (Phi) is 3.96. The number of nitrogens with zero attached hydrogens (tertiary/aromatic N) is 3. The number of hydrogen-bond donors (Lipinski definition) is 3. The number of primary amides is 1. The van der Waals surface area contributed by atoms with Crippen molar-refractivity contribution in [3.8, 4) is 6.07 Å². The summed E-state index contributed by atoms with van der Waals surface area (Å²) in [4.78, 5) is 10.6. The molecule has 0 bridgehead atoms. The molecule has 0 aliphatic rings. The minimum atomic E-state index is -1.33. The van der Waals surface area contributed by atoms with Gasteiger partial charge in [0.05, 0.1) is 12.2 Å². The monoisotopic (exact) mass is 235 g/mol. The van der Waals surface area contributed by atoms with Gasteiger partial charge in [0, 0.05) is 0 Å². The molecule has 0 aromatic carbocycles. The molecule has 90 valence electrons. The van der Waals surface area contributed by atoms with E-state index < -0.39 is 12.0 Å². The Labute approximate surface area is 98.3 Å². The molecule has 1 aromatic heterocycles. The van der Waals surface area contributed by atoms with Crippen LogP contribution in [0, 0.1) is 25.2 Å². The van der Waals surface area contributed by atoms with Gasteiger partial charge in [-0.25, -0.2) is 0 Å². The van der Waals surface area contributed by atoms with Crippen molar-refractivity contribution in [2.75, 3.05) is 11.9 Å². The van der Waals surface area contributed by atoms with Crippen molar-refractivity contribution in [3.63, 3.8) is 0 Å². The van der Waals surface area contributed by atoms with Crippen molar-refractivity contribution in [1.29, 1.82) is 5.26 Å². The van der Waals surface area contributed by atoms with Crippen LogP contribution >= 0.6 is 0 Å². The molecule has 0 aliphatic heterocycles. The Bertz CT molecular complexity index is 480. The quantitative estimate of drug-likeness (QED) is 0.628. The van der Waals surface area contributed by atoms with Crippen molar-refractivity contribution in [2.24, 2.45) is 5.73 Å². The predicted molar refractivity (Wildman–Crippen MR) is 59.9 cm³/mol. The van der Waals surface area contributed by atoms with Crippen molar-refractivity contribution in [3.05, 3.63) is 16.8 Å². The van der Waals surface area contributed by atoms with Gasteiger partial charge in [0.25, 0.3) is 0 Å². The summed E-state index contributed by atoms with van der Waals surface area (Å²) in [5, 5.41) is 28.5. The van der Waals surface area contributed by atoms with E-state index in [1.165, 1.54) is 0 Å². The van der Waals surface area contributed by atoms with Gasteiger partial charge in [0.2, 0.25) is 5.91 Å². The average Bonchev–Trinajstić information content (AvgIpc) is 2.30. The lowest BCUT2D eigenvalue weighted by atomic mass is 10.1. The Morgan fingerprint density at radius 1 is 1.59 bits per heavy atom. The number of anilines is 1. The number of carbonyl (C=O) groups excluding carboxylic acids is 1. The molecule has 4 N–H and O–H groups in total. The van der Waals surface area contributed by atoms with Crippen molar-refractivity contribution >= 4 is 11.7 Å². The zero-order valence-corrected chi connectivity index (χ0v) is 9.56. The van der Waals surface area contributed by atoms with Crippen molar-refractivity contribution in [1.82, 2.24) is 10.2 Å². The summed E-state index contributed by atoms with van der Waals surface area (Å²) in [5.41, 5.74) is 6.60. The average molecular weight is 235 g/mol. The minimum absolute atomic E-state index is 0.110. The van der Waals surface area contributed by atoms with Gasteiger partial charge in [-0.3, -0.25) is 4.79 Å². The summed E-state index contributed by atoms with van der Waals surface area (Å²) in [6, 6.07) is 1.99. The maximum absolute atomic E-state index is 10.6. The Hall–Kier alpha value is -2.20. The molecule has 17 heavy (non-hydrogen) atoms. The molecule has 1 atom stereocenters. The molecular weight excluding hydrogens is 222 g/mol. The van der Waals surface area contributed by atoms with Crippen LogP contribution in [-0.2, 0) is 4.79 Å². The fourth-order valence-corrected chi connectivity index (χ4v) is 1.16. The number of nitriles is 1. The molecule has 1 heterocycles. The standard InChI is InChI=1S/C10H13N5O2/c1-5-6(2)14-15-10(7(5)3-11)13-4-8(16)9(12)17/h8,16H,4H2,1-2H3,(H2,12,17)(H,13,15). The number of hydrogen-bond acceptors (Lipinski definition) is 6. The Balaban J connectivity index is 2.90. The number of carbonyl (C=O) groups is 1. The normalized spacial score (nSPS) is 11.6. The zero-order valence-electron chi connectivity index (χ0n) is 9.56. The van der Waals surface area contributed by atoms with Crippen LogP contribution in [0.3, 0.4) is 0 Å². The lowest BCUT2D eigenvalue weighted by Crippen LogP contribution is -2.34. The van der Waals surface area contributed by atoms with Crippen molar-refractivity contribution < 1.29 is 9.90 Å². The first kappa shape index (κ1) is 12.9. The van der Waals surface area contributed by atoms with E-state index in [9.17, 15) is 9.90 Å².